The minimum atomic E-state index is -5.08. The second-order valence-electron chi connectivity index (χ2n) is 17.1. The summed E-state index contributed by atoms with van der Waals surface area (Å²) >= 11 is 0. The molecule has 470 valence electrons. The van der Waals surface area contributed by atoms with Gasteiger partial charge in [0.25, 0.3) is 5.91 Å². The molecule has 0 aromatic heterocycles. The van der Waals surface area contributed by atoms with Crippen molar-refractivity contribution in [2.75, 3.05) is 82.2 Å². The van der Waals surface area contributed by atoms with Gasteiger partial charge in [0, 0.05) is 45.8 Å². The highest BCUT2D eigenvalue weighted by atomic mass is 19.4. The third-order valence-corrected chi connectivity index (χ3v) is 10.9. The number of alkyl halides is 15. The van der Waals surface area contributed by atoms with Crippen molar-refractivity contribution in [3.8, 4) is 0 Å². The predicted octanol–water partition coefficient (Wildman–Crippen LogP) is 4.69. The van der Waals surface area contributed by atoms with Gasteiger partial charge in [-0.3, -0.25) is 34.1 Å². The van der Waals surface area contributed by atoms with E-state index in [1.165, 1.54) is 12.8 Å². The maximum atomic E-state index is 13.8. The monoisotopic (exact) mass is 1230 g/mol. The number of carboxylic acids is 5. The van der Waals surface area contributed by atoms with Crippen LogP contribution >= 0.6 is 0 Å². The molecule has 1 atom stereocenters. The fraction of sp³-hybridized carbons (Fsp3) is 0.533. The molecule has 3 amide bonds. The lowest BCUT2D eigenvalue weighted by molar-refractivity contribution is -0.193. The molecular weight excluding hydrogens is 1170 g/mol. The number of hydrogen-bond acceptors (Lipinski definition) is 13. The number of aliphatic imine (C=N–C) groups is 1. The number of aliphatic carboxylic acids is 5. The number of nitrogens with zero attached hydrogens (tertiary/aromatic N) is 5. The molecule has 3 heterocycles. The Morgan fingerprint density at radius 3 is 1.41 bits per heavy atom. The molecule has 3 aliphatic rings. The number of likely N-dealkylation sites (tertiary alicyclic amines) is 1. The van der Waals surface area contributed by atoms with E-state index in [-0.39, 0.29) is 23.7 Å². The van der Waals surface area contributed by atoms with Crippen LogP contribution in [0.1, 0.15) is 48.9 Å². The van der Waals surface area contributed by atoms with Gasteiger partial charge in [-0.2, -0.15) is 65.9 Å². The zero-order valence-corrected chi connectivity index (χ0v) is 42.9. The third kappa shape index (κ3) is 31.3. The van der Waals surface area contributed by atoms with Gasteiger partial charge in [-0.05, 0) is 88.3 Å². The molecule has 5 rings (SSSR count). The van der Waals surface area contributed by atoms with E-state index in [0.29, 0.717) is 61.0 Å². The topological polar surface area (TPSA) is 365 Å². The number of benzene rings is 2. The Hall–Kier alpha value is -7.74. The SMILES string of the molecule is NC(N)=NCCC[C@@H](N)C(=O)NCCN1CCN(CCCC2CCN(CC(=O)N3c4ccccc4NC(=O)c4ccccc43)CC2)CC1.O=C(O)C(F)(F)F.O=C(O)C(F)(F)F.O=C(O)C(F)(F)F.O=C(O)C(F)(F)F.O=C(O)C(F)(F)F. The smallest absolute Gasteiger partial charge is 0.475 e. The zero-order valence-electron chi connectivity index (χ0n) is 42.9. The Labute approximate surface area is 459 Å². The Bertz CT molecular complexity index is 2320. The number of rotatable bonds is 14. The van der Waals surface area contributed by atoms with Crippen LogP contribution in [0, 0.1) is 5.92 Å². The quantitative estimate of drug-likeness (QED) is 0.0531. The number of piperazine rings is 1. The molecule has 0 bridgehead atoms. The highest BCUT2D eigenvalue weighted by molar-refractivity contribution is 6.18. The van der Waals surface area contributed by atoms with E-state index in [9.17, 15) is 80.2 Å². The molecule has 0 spiro atoms. The predicted molar refractivity (Wildman–Crippen MR) is 259 cm³/mol. The van der Waals surface area contributed by atoms with Gasteiger partial charge in [0.1, 0.15) is 0 Å². The summed E-state index contributed by atoms with van der Waals surface area (Å²) in [7, 11) is 0. The lowest BCUT2D eigenvalue weighted by Crippen LogP contribution is -2.49. The van der Waals surface area contributed by atoms with Crippen molar-refractivity contribution >= 4 is 70.6 Å². The first kappa shape index (κ1) is 75.3. The summed E-state index contributed by atoms with van der Waals surface area (Å²) in [5.74, 6) is -13.4. The van der Waals surface area contributed by atoms with Gasteiger partial charge in [0.15, 0.2) is 5.96 Å². The van der Waals surface area contributed by atoms with Gasteiger partial charge in [-0.1, -0.05) is 24.3 Å². The van der Waals surface area contributed by atoms with E-state index in [4.69, 9.17) is 66.7 Å². The van der Waals surface area contributed by atoms with E-state index in [2.05, 4.69) is 30.3 Å². The van der Waals surface area contributed by atoms with E-state index in [1.54, 1.807) is 11.0 Å². The number of fused-ring (bicyclic) bond motifs is 2. The number of piperidine rings is 1. The summed E-state index contributed by atoms with van der Waals surface area (Å²) < 4.78 is 159. The molecule has 13 N–H and O–H groups in total. The van der Waals surface area contributed by atoms with Crippen molar-refractivity contribution < 1.29 is 130 Å². The molecule has 0 saturated carbocycles. The second kappa shape index (κ2) is 34.6. The summed E-state index contributed by atoms with van der Waals surface area (Å²) in [4.78, 5) is 96.3. The maximum absolute atomic E-state index is 13.8. The van der Waals surface area contributed by atoms with Gasteiger partial charge in [0.2, 0.25) is 11.8 Å². The van der Waals surface area contributed by atoms with Gasteiger partial charge in [-0.15, -0.1) is 0 Å². The van der Waals surface area contributed by atoms with Gasteiger partial charge < -0.3 is 58.3 Å². The van der Waals surface area contributed by atoms with Gasteiger partial charge >= 0.3 is 60.7 Å². The minimum Gasteiger partial charge on any atom is -0.475 e. The van der Waals surface area contributed by atoms with Crippen molar-refractivity contribution in [3.63, 3.8) is 0 Å². The summed E-state index contributed by atoms with van der Waals surface area (Å²) in [5.41, 5.74) is 19.1. The van der Waals surface area contributed by atoms with Crippen molar-refractivity contribution in [1.29, 1.82) is 0 Å². The molecule has 2 aromatic rings. The van der Waals surface area contributed by atoms with Crippen molar-refractivity contribution in [1.82, 2.24) is 20.0 Å². The molecule has 3 aliphatic heterocycles. The molecule has 2 saturated heterocycles. The van der Waals surface area contributed by atoms with Crippen LogP contribution in [0.25, 0.3) is 0 Å². The summed E-state index contributed by atoms with van der Waals surface area (Å²) in [6.45, 7) is 9.24. The number of hydrogen-bond donors (Lipinski definition) is 10. The number of carbonyl (C=O) groups excluding carboxylic acids is 3. The first-order valence-corrected chi connectivity index (χ1v) is 23.6. The zero-order chi connectivity index (χ0) is 64.3. The number of anilines is 3. The second-order valence-corrected chi connectivity index (χ2v) is 17.1. The van der Waals surface area contributed by atoms with Crippen LogP contribution in [0.5, 0.6) is 0 Å². The molecule has 0 radical (unpaired) electrons. The van der Waals surface area contributed by atoms with Crippen LogP contribution in [0.2, 0.25) is 0 Å². The van der Waals surface area contributed by atoms with Crippen LogP contribution in [-0.2, 0) is 33.6 Å². The number of carboxylic acid groups (broad SMARTS) is 5. The third-order valence-electron chi connectivity index (χ3n) is 10.9. The number of nitrogens with two attached hydrogens (primary N) is 3. The molecule has 2 fully saturated rings. The molecule has 83 heavy (non-hydrogen) atoms. The summed E-state index contributed by atoms with van der Waals surface area (Å²) in [6, 6.07) is 14.3. The Morgan fingerprint density at radius 2 is 0.988 bits per heavy atom. The first-order chi connectivity index (χ1) is 38.0. The van der Waals surface area contributed by atoms with Crippen LogP contribution in [-0.4, -0.2) is 203 Å². The molecule has 38 heteroatoms. The number of carbonyl (C=O) groups is 8. The maximum Gasteiger partial charge on any atom is 0.490 e. The minimum absolute atomic E-state index is 0.0223. The highest BCUT2D eigenvalue weighted by Crippen LogP contribution is 2.38. The van der Waals surface area contributed by atoms with E-state index >= 15 is 0 Å². The average Bonchev–Trinajstić information content (AvgIpc) is 3.74. The molecule has 2 aromatic carbocycles. The number of para-hydroxylation sites is 3. The van der Waals surface area contributed by atoms with E-state index in [0.717, 1.165) is 65.2 Å². The number of halogens is 15. The lowest BCUT2D eigenvalue weighted by Gasteiger charge is -2.36. The Morgan fingerprint density at radius 1 is 0.590 bits per heavy atom. The molecule has 0 unspecified atom stereocenters. The van der Waals surface area contributed by atoms with E-state index < -0.39 is 66.8 Å². The summed E-state index contributed by atoms with van der Waals surface area (Å²) in [6.07, 6.45) is -19.6. The lowest BCUT2D eigenvalue weighted by atomic mass is 9.92. The standard InChI is InChI=1S/C35H52N10O3.5C2HF3O2/c36-28(9-5-15-40-35(37)38)34(48)39-16-20-43-23-21-42(22-24-43)17-6-7-26-13-18-44(19-14-26)25-32(46)45-30-11-3-1-8-27(30)33(47)41-29-10-2-4-12-31(29)45;5*3-2(4,5)1(6)7/h1-4,8,10-12,26,28H,5-7,9,13-25,36H2,(H,39,48)(H,41,47)(H4,37,38,40);5*(H,6,7)/t28-;;;;;/m1...../s1. The molecule has 0 aliphatic carbocycles. The highest BCUT2D eigenvalue weighted by Gasteiger charge is 2.41. The Balaban J connectivity index is 0.00000154. The van der Waals surface area contributed by atoms with Crippen LogP contribution in [0.4, 0.5) is 82.9 Å². The summed E-state index contributed by atoms with van der Waals surface area (Å²) in [5, 5.41) is 41.5. The first-order valence-electron chi connectivity index (χ1n) is 23.6. The van der Waals surface area contributed by atoms with Crippen LogP contribution in [0.15, 0.2) is 53.5 Å². The fourth-order valence-electron chi connectivity index (χ4n) is 6.88. The largest absolute Gasteiger partial charge is 0.490 e. The van der Waals surface area contributed by atoms with Crippen LogP contribution in [0.3, 0.4) is 0 Å². The van der Waals surface area contributed by atoms with Gasteiger partial charge in [0.05, 0.1) is 35.2 Å². The number of guanidine groups is 1. The molecule has 23 nitrogen and oxygen atoms in total. The normalized spacial score (nSPS) is 15.3. The van der Waals surface area contributed by atoms with E-state index in [1.807, 2.05) is 42.5 Å². The van der Waals surface area contributed by atoms with Crippen molar-refractivity contribution in [2.24, 2.45) is 28.1 Å². The number of nitrogens with one attached hydrogen (secondary N) is 2. The fourth-order valence-corrected chi connectivity index (χ4v) is 6.88. The van der Waals surface area contributed by atoms with Crippen LogP contribution < -0.4 is 32.7 Å². The average molecular weight is 1230 g/mol. The number of amides is 3. The van der Waals surface area contributed by atoms with Gasteiger partial charge in [-0.25, -0.2) is 24.0 Å². The Kier molecular flexibility index (Phi) is 31.4. The molecular formula is C45H57F15N10O13. The van der Waals surface area contributed by atoms with Crippen molar-refractivity contribution in [2.45, 2.75) is 75.4 Å². The van der Waals surface area contributed by atoms with Crippen molar-refractivity contribution in [3.05, 3.63) is 54.1 Å².